The van der Waals surface area contributed by atoms with E-state index >= 15 is 0 Å². The standard InChI is InChI=1S/C24H28N2O5S/c1-4-15-26(16-5-2)21-22(27)19-9-7-8-10-20(19)23(28)24(21)32(29,30)25-17-11-13-18(14-12-17)31-6-3/h7-14,25H,4-6,15-16H2,1-3H3. The first-order valence-corrected chi connectivity index (χ1v) is 12.3. The van der Waals surface area contributed by atoms with Crippen molar-refractivity contribution in [1.82, 2.24) is 4.90 Å². The Morgan fingerprint density at radius 2 is 1.41 bits per heavy atom. The van der Waals surface area contributed by atoms with Gasteiger partial charge in [0.1, 0.15) is 11.4 Å². The molecule has 0 bridgehead atoms. The number of carbonyl (C=O) groups excluding carboxylic acids is 2. The highest BCUT2D eigenvalue weighted by Gasteiger charge is 2.41. The lowest BCUT2D eigenvalue weighted by Crippen LogP contribution is -2.38. The lowest BCUT2D eigenvalue weighted by molar-refractivity contribution is 0.0946. The predicted octanol–water partition coefficient (Wildman–Crippen LogP) is 4.24. The number of hydrogen-bond donors (Lipinski definition) is 1. The minimum atomic E-state index is -4.34. The predicted molar refractivity (Wildman–Crippen MR) is 124 cm³/mol. The first-order valence-electron chi connectivity index (χ1n) is 10.8. The summed E-state index contributed by atoms with van der Waals surface area (Å²) in [5, 5.41) is 0. The van der Waals surface area contributed by atoms with E-state index in [9.17, 15) is 18.0 Å². The molecular formula is C24H28N2O5S. The van der Waals surface area contributed by atoms with Crippen LogP contribution in [0.25, 0.3) is 0 Å². The Morgan fingerprint density at radius 3 is 1.94 bits per heavy atom. The van der Waals surface area contributed by atoms with Gasteiger partial charge in [0, 0.05) is 29.9 Å². The van der Waals surface area contributed by atoms with E-state index in [-0.39, 0.29) is 22.5 Å². The number of hydrogen-bond acceptors (Lipinski definition) is 6. The summed E-state index contributed by atoms with van der Waals surface area (Å²) in [6.07, 6.45) is 1.40. The number of nitrogens with zero attached hydrogens (tertiary/aromatic N) is 1. The lowest BCUT2D eigenvalue weighted by Gasteiger charge is -2.31. The Morgan fingerprint density at radius 1 is 0.844 bits per heavy atom. The molecule has 0 fully saturated rings. The van der Waals surface area contributed by atoms with E-state index in [1.807, 2.05) is 20.8 Å². The van der Waals surface area contributed by atoms with Crippen molar-refractivity contribution < 1.29 is 22.7 Å². The number of ether oxygens (including phenoxy) is 1. The van der Waals surface area contributed by atoms with Crippen LogP contribution in [0.15, 0.2) is 59.1 Å². The number of allylic oxidation sites excluding steroid dienone is 2. The molecule has 170 valence electrons. The fourth-order valence-electron chi connectivity index (χ4n) is 3.74. The third kappa shape index (κ3) is 4.70. The van der Waals surface area contributed by atoms with Crippen molar-refractivity contribution in [1.29, 1.82) is 0 Å². The van der Waals surface area contributed by atoms with E-state index in [1.165, 1.54) is 6.07 Å². The van der Waals surface area contributed by atoms with E-state index in [0.717, 1.165) is 0 Å². The SMILES string of the molecule is CCCN(CCC)C1=C(S(=O)(=O)Nc2ccc(OCC)cc2)C(=O)c2ccccc2C1=O. The zero-order valence-electron chi connectivity index (χ0n) is 18.6. The van der Waals surface area contributed by atoms with Crippen molar-refractivity contribution in [3.63, 3.8) is 0 Å². The number of nitrogens with one attached hydrogen (secondary N) is 1. The number of rotatable bonds is 10. The normalized spacial score (nSPS) is 13.7. The average Bonchev–Trinajstić information content (AvgIpc) is 2.77. The van der Waals surface area contributed by atoms with Crippen LogP contribution in [0.4, 0.5) is 5.69 Å². The van der Waals surface area contributed by atoms with Crippen molar-refractivity contribution >= 4 is 27.3 Å². The minimum Gasteiger partial charge on any atom is -0.494 e. The number of fused-ring (bicyclic) bond motifs is 1. The molecule has 1 N–H and O–H groups in total. The number of Topliss-reactive ketones (excluding diaryl/α,β-unsaturated/α-hetero) is 2. The van der Waals surface area contributed by atoms with Crippen LogP contribution in [0.2, 0.25) is 0 Å². The summed E-state index contributed by atoms with van der Waals surface area (Å²) in [4.78, 5) is 28.0. The zero-order valence-corrected chi connectivity index (χ0v) is 19.4. The van der Waals surface area contributed by atoms with Crippen LogP contribution in [0.1, 0.15) is 54.3 Å². The summed E-state index contributed by atoms with van der Waals surface area (Å²) in [6, 6.07) is 12.7. The quantitative estimate of drug-likeness (QED) is 0.575. The number of sulfonamides is 1. The molecule has 3 rings (SSSR count). The van der Waals surface area contributed by atoms with Crippen molar-refractivity contribution in [3.05, 3.63) is 70.3 Å². The first-order chi connectivity index (χ1) is 15.3. The molecule has 0 aromatic heterocycles. The van der Waals surface area contributed by atoms with Gasteiger partial charge in [0.05, 0.1) is 6.61 Å². The van der Waals surface area contributed by atoms with E-state index in [2.05, 4.69) is 4.72 Å². The summed E-state index contributed by atoms with van der Waals surface area (Å²) >= 11 is 0. The number of ketones is 2. The topological polar surface area (TPSA) is 92.8 Å². The highest BCUT2D eigenvalue weighted by Crippen LogP contribution is 2.32. The second kappa shape index (κ2) is 9.99. The van der Waals surface area contributed by atoms with Gasteiger partial charge < -0.3 is 9.64 Å². The van der Waals surface area contributed by atoms with Gasteiger partial charge in [0.15, 0.2) is 4.91 Å². The van der Waals surface area contributed by atoms with Crippen LogP contribution in [-0.4, -0.2) is 44.6 Å². The third-order valence-corrected chi connectivity index (χ3v) is 6.46. The van der Waals surface area contributed by atoms with Crippen molar-refractivity contribution in [3.8, 4) is 5.75 Å². The van der Waals surface area contributed by atoms with Crippen molar-refractivity contribution in [2.24, 2.45) is 0 Å². The van der Waals surface area contributed by atoms with E-state index in [1.54, 1.807) is 47.4 Å². The van der Waals surface area contributed by atoms with E-state index in [4.69, 9.17) is 4.74 Å². The molecule has 2 aromatic rings. The van der Waals surface area contributed by atoms with Gasteiger partial charge in [0.25, 0.3) is 10.0 Å². The van der Waals surface area contributed by atoms with Crippen LogP contribution in [0.3, 0.4) is 0 Å². The Balaban J connectivity index is 2.12. The molecule has 0 atom stereocenters. The van der Waals surface area contributed by atoms with Gasteiger partial charge in [-0.1, -0.05) is 38.1 Å². The van der Waals surface area contributed by atoms with Gasteiger partial charge in [-0.15, -0.1) is 0 Å². The molecule has 0 heterocycles. The molecule has 0 radical (unpaired) electrons. The molecule has 0 spiro atoms. The molecule has 1 aliphatic rings. The maximum absolute atomic E-state index is 13.5. The second-order valence-corrected chi connectivity index (χ2v) is 9.05. The molecular weight excluding hydrogens is 428 g/mol. The Labute approximate surface area is 189 Å². The lowest BCUT2D eigenvalue weighted by atomic mass is 9.91. The maximum atomic E-state index is 13.5. The van der Waals surface area contributed by atoms with Crippen LogP contribution in [-0.2, 0) is 10.0 Å². The van der Waals surface area contributed by atoms with Gasteiger partial charge in [-0.25, -0.2) is 8.42 Å². The summed E-state index contributed by atoms with van der Waals surface area (Å²) in [7, 11) is -4.34. The van der Waals surface area contributed by atoms with Crippen LogP contribution in [0, 0.1) is 0 Å². The molecule has 1 aliphatic carbocycles. The van der Waals surface area contributed by atoms with Gasteiger partial charge in [-0.05, 0) is 44.0 Å². The van der Waals surface area contributed by atoms with E-state index < -0.39 is 26.5 Å². The maximum Gasteiger partial charge on any atom is 0.268 e. The van der Waals surface area contributed by atoms with Crippen LogP contribution < -0.4 is 9.46 Å². The Bertz CT molecular complexity index is 1130. The van der Waals surface area contributed by atoms with Gasteiger partial charge >= 0.3 is 0 Å². The second-order valence-electron chi connectivity index (χ2n) is 7.43. The third-order valence-electron chi connectivity index (χ3n) is 5.04. The van der Waals surface area contributed by atoms with Crippen molar-refractivity contribution in [2.45, 2.75) is 33.6 Å². The smallest absolute Gasteiger partial charge is 0.268 e. The Kier molecular flexibility index (Phi) is 7.35. The largest absolute Gasteiger partial charge is 0.494 e. The molecule has 2 aromatic carbocycles. The number of benzene rings is 2. The average molecular weight is 457 g/mol. The van der Waals surface area contributed by atoms with E-state index in [0.29, 0.717) is 38.3 Å². The van der Waals surface area contributed by atoms with Gasteiger partial charge in [0.2, 0.25) is 11.6 Å². The molecule has 0 unspecified atom stereocenters. The molecule has 0 saturated heterocycles. The fraction of sp³-hybridized carbons (Fsp3) is 0.333. The highest BCUT2D eigenvalue weighted by atomic mass is 32.2. The highest BCUT2D eigenvalue weighted by molar-refractivity contribution is 7.97. The molecule has 0 amide bonds. The summed E-state index contributed by atoms with van der Waals surface area (Å²) in [6.45, 7) is 7.16. The summed E-state index contributed by atoms with van der Waals surface area (Å²) in [5.74, 6) is -0.523. The van der Waals surface area contributed by atoms with Gasteiger partial charge in [-0.2, -0.15) is 0 Å². The molecule has 0 aliphatic heterocycles. The minimum absolute atomic E-state index is 0.0594. The molecule has 8 heteroatoms. The van der Waals surface area contributed by atoms with Crippen LogP contribution >= 0.6 is 0 Å². The zero-order chi connectivity index (χ0) is 23.3. The fourth-order valence-corrected chi connectivity index (χ4v) is 5.12. The van der Waals surface area contributed by atoms with Crippen molar-refractivity contribution in [2.75, 3.05) is 24.4 Å². The monoisotopic (exact) mass is 456 g/mol. The van der Waals surface area contributed by atoms with Crippen LogP contribution in [0.5, 0.6) is 5.75 Å². The molecule has 7 nitrogen and oxygen atoms in total. The Hall–Kier alpha value is -3.13. The number of carbonyl (C=O) groups is 2. The number of anilines is 1. The molecule has 32 heavy (non-hydrogen) atoms. The first kappa shape index (κ1) is 23.5. The van der Waals surface area contributed by atoms with Gasteiger partial charge in [-0.3, -0.25) is 14.3 Å². The molecule has 0 saturated carbocycles. The summed E-state index contributed by atoms with van der Waals surface area (Å²) in [5.41, 5.74) is 0.541. The summed E-state index contributed by atoms with van der Waals surface area (Å²) < 4.78 is 34.8.